The molecule has 0 unspecified atom stereocenters. The van der Waals surface area contributed by atoms with E-state index in [1.165, 1.54) is 64.2 Å². The summed E-state index contributed by atoms with van der Waals surface area (Å²) in [4.78, 5) is 65.8. The number of phenols is 2. The van der Waals surface area contributed by atoms with Gasteiger partial charge in [-0.1, -0.05) is 179 Å². The Hall–Kier alpha value is -11.4. The van der Waals surface area contributed by atoms with E-state index in [9.17, 15) is 19.8 Å². The molecule has 19 nitrogen and oxygen atoms in total. The van der Waals surface area contributed by atoms with Crippen LogP contribution in [0.1, 0.15) is 74.1 Å². The number of nitrogens with one attached hydrogen (secondary N) is 2. The van der Waals surface area contributed by atoms with Gasteiger partial charge in [0.1, 0.15) is 38.4 Å². The number of ether oxygens (including phenoxy) is 1. The lowest BCUT2D eigenvalue weighted by molar-refractivity contribution is -0.131. The number of aromatic hydroxyl groups is 2. The maximum absolute atomic E-state index is 11.9. The molecular weight excluding hydrogens is 1650 g/mol. The number of nitrogens with zero attached hydrogens (tertiary/aromatic N) is 12. The molecule has 8 aromatic heterocycles. The summed E-state index contributed by atoms with van der Waals surface area (Å²) >= 11 is 41.0. The summed E-state index contributed by atoms with van der Waals surface area (Å²) in [7, 11) is 1.98. The molecule has 0 atom stereocenters. The zero-order chi connectivity index (χ0) is 80.4. The van der Waals surface area contributed by atoms with Gasteiger partial charge in [-0.3, -0.25) is 39.9 Å². The monoisotopic (exact) mass is 1710 g/mol. The number of hydrogen-bond acceptors (Lipinski definition) is 19. The number of carbonyl (C=O) groups is 2. The number of fused-ring (bicyclic) bond motifs is 8. The number of hydrogen-bond donors (Lipinski definition) is 4. The summed E-state index contributed by atoms with van der Waals surface area (Å²) in [5, 5.41) is 38.4. The minimum Gasteiger partial charge on any atom is -0.505 e. The zero-order valence-electron chi connectivity index (χ0n) is 61.7. The maximum atomic E-state index is 11.9. The van der Waals surface area contributed by atoms with Crippen LogP contribution >= 0.6 is 96.9 Å². The van der Waals surface area contributed by atoms with E-state index in [0.29, 0.717) is 69.1 Å². The molecule has 0 aliphatic heterocycles. The number of hydrazone groups is 2. The Balaban J connectivity index is 0.000000129. The van der Waals surface area contributed by atoms with Gasteiger partial charge in [-0.05, 0) is 185 Å². The van der Waals surface area contributed by atoms with Gasteiger partial charge in [-0.2, -0.15) is 10.2 Å². The standard InChI is InChI=1S/C22H20N4S.C18H17ClN4.C18H15N3O.C11H7Cl2NO2.C9H5BrClNO.C9H5Cl2NO/c1-14-10-11-15-6-2-3-7-16(15)18(14)12-25-26-21-20-17-8-4-5-9-19(17)27-22(20)24-13-23-21;1-13-16(19)18(23(2)12-14-8-4-3-5-9-14)22-17(21-13)15-10-6-7-11-20-15;1-13-6-7-14-4-2-3-5-16(14)17(13)12-20-21-18(22)15-8-10-19-11-9-15;1-6(15)16-11-9(13)5-8(12)7-3-2-4-14-10(7)11;10-6-4-7(11)5-2-1-3-12-8(5)9(6)13;10-6-4-7(11)9(13)8-5(6)2-1-3-12-8/h2-3,6-7,10-13H,4-5,8-9H2,1H3,(H,23,24,26);3-11H,12H2,1-2H3;2-12H,1H3,(H,21,22);2-5H,1H3;2*1-4,13H/b25-12+;;20-12+;;;. The van der Waals surface area contributed by atoms with Gasteiger partial charge in [0.15, 0.2) is 34.7 Å². The zero-order valence-corrected chi connectivity index (χ0v) is 68.6. The number of halogens is 7. The van der Waals surface area contributed by atoms with Crippen molar-refractivity contribution in [2.75, 3.05) is 17.4 Å². The summed E-state index contributed by atoms with van der Waals surface area (Å²) in [5.74, 6) is 1.75. The number of benzene rings is 8. The first-order valence-electron chi connectivity index (χ1n) is 35.4. The summed E-state index contributed by atoms with van der Waals surface area (Å²) in [5.41, 5.74) is 16.3. The lowest BCUT2D eigenvalue weighted by Gasteiger charge is -2.20. The molecule has 1 aliphatic carbocycles. The normalized spacial score (nSPS) is 11.5. The van der Waals surface area contributed by atoms with Crippen LogP contribution in [0.25, 0.3) is 76.0 Å². The first kappa shape index (κ1) is 82.1. The predicted octanol–water partition coefficient (Wildman–Crippen LogP) is 23.0. The Labute approximate surface area is 698 Å². The molecule has 1 amide bonds. The van der Waals surface area contributed by atoms with Gasteiger partial charge in [0.2, 0.25) is 0 Å². The number of carbonyl (C=O) groups excluding carboxylic acids is 2. The van der Waals surface area contributed by atoms with Crippen LogP contribution in [0.15, 0.2) is 246 Å². The topological polar surface area (TPSA) is 252 Å². The largest absolute Gasteiger partial charge is 0.505 e. The fourth-order valence-corrected chi connectivity index (χ4v) is 15.6. The number of phenolic OH excluding ortho intramolecular Hbond substituents is 2. The number of thiophene rings is 1. The van der Waals surface area contributed by atoms with Crippen molar-refractivity contribution in [3.63, 3.8) is 0 Å². The molecular formula is C87H69BrCl6N14O5S. The van der Waals surface area contributed by atoms with Gasteiger partial charge in [-0.15, -0.1) is 11.3 Å². The number of amides is 1. The van der Waals surface area contributed by atoms with E-state index < -0.39 is 5.97 Å². The van der Waals surface area contributed by atoms with Crippen molar-refractivity contribution in [1.82, 2.24) is 50.3 Å². The molecule has 0 spiro atoms. The molecule has 114 heavy (non-hydrogen) atoms. The Morgan fingerprint density at radius 2 is 1.12 bits per heavy atom. The highest BCUT2D eigenvalue weighted by atomic mass is 79.9. The van der Waals surface area contributed by atoms with Crippen LogP contribution in [0.2, 0.25) is 30.1 Å². The van der Waals surface area contributed by atoms with E-state index in [2.05, 4.69) is 149 Å². The Morgan fingerprint density at radius 3 is 1.75 bits per heavy atom. The van der Waals surface area contributed by atoms with Crippen LogP contribution < -0.4 is 20.5 Å². The van der Waals surface area contributed by atoms with Crippen molar-refractivity contribution in [2.24, 2.45) is 10.2 Å². The highest BCUT2D eigenvalue weighted by Crippen LogP contribution is 2.41. The van der Waals surface area contributed by atoms with Crippen LogP contribution in [0, 0.1) is 20.8 Å². The van der Waals surface area contributed by atoms with Gasteiger partial charge in [0.25, 0.3) is 5.91 Å². The molecule has 0 fully saturated rings. The smallest absolute Gasteiger partial charge is 0.308 e. The molecule has 8 heterocycles. The van der Waals surface area contributed by atoms with Crippen molar-refractivity contribution in [2.45, 2.75) is 59.9 Å². The van der Waals surface area contributed by atoms with Crippen molar-refractivity contribution in [3.8, 4) is 28.8 Å². The molecule has 17 rings (SSSR count). The van der Waals surface area contributed by atoms with E-state index in [0.717, 1.165) is 79.7 Å². The van der Waals surface area contributed by atoms with Gasteiger partial charge in [-0.25, -0.2) is 25.4 Å². The molecule has 0 radical (unpaired) electrons. The number of anilines is 2. The Kier molecular flexibility index (Phi) is 28.0. The number of aryl methyl sites for hydroxylation is 5. The highest BCUT2D eigenvalue weighted by molar-refractivity contribution is 9.10. The Bertz CT molecular complexity index is 6150. The van der Waals surface area contributed by atoms with Crippen molar-refractivity contribution in [1.29, 1.82) is 0 Å². The Morgan fingerprint density at radius 1 is 0.570 bits per heavy atom. The molecule has 0 bridgehead atoms. The van der Waals surface area contributed by atoms with E-state index in [1.807, 2.05) is 98.7 Å². The van der Waals surface area contributed by atoms with Gasteiger partial charge >= 0.3 is 5.97 Å². The van der Waals surface area contributed by atoms with Gasteiger partial charge < -0.3 is 19.8 Å². The molecule has 4 N–H and O–H groups in total. The second kappa shape index (κ2) is 38.9. The maximum Gasteiger partial charge on any atom is 0.308 e. The molecule has 0 saturated heterocycles. The third-order valence-electron chi connectivity index (χ3n) is 17.8. The summed E-state index contributed by atoms with van der Waals surface area (Å²) in [6.07, 6.45) is 19.7. The van der Waals surface area contributed by atoms with Crippen LogP contribution in [0.4, 0.5) is 11.6 Å². The fraction of sp³-hybridized carbons (Fsp3) is 0.115. The lowest BCUT2D eigenvalue weighted by atomic mass is 9.97. The average molecular weight is 1720 g/mol. The molecule has 8 aromatic carbocycles. The summed E-state index contributed by atoms with van der Waals surface area (Å²) < 4.78 is 5.58. The van der Waals surface area contributed by atoms with Crippen molar-refractivity contribution < 1.29 is 24.5 Å². The average Bonchev–Trinajstić information content (AvgIpc) is 1.62. The predicted molar refractivity (Wildman–Crippen MR) is 468 cm³/mol. The number of aromatic nitrogens is 9. The van der Waals surface area contributed by atoms with Crippen LogP contribution in [0.3, 0.4) is 0 Å². The highest BCUT2D eigenvalue weighted by Gasteiger charge is 2.22. The third-order valence-corrected chi connectivity index (χ3v) is 21.6. The molecule has 16 aromatic rings. The molecule has 27 heteroatoms. The quantitative estimate of drug-likeness (QED) is 0.0406. The van der Waals surface area contributed by atoms with Crippen LogP contribution in [-0.4, -0.2) is 86.4 Å². The molecule has 0 saturated carbocycles. The number of rotatable bonds is 11. The summed E-state index contributed by atoms with van der Waals surface area (Å²) in [6.45, 7) is 8.05. The first-order valence-corrected chi connectivity index (χ1v) is 39.3. The minimum atomic E-state index is -0.448. The van der Waals surface area contributed by atoms with Gasteiger partial charge in [0, 0.05) is 95.4 Å². The van der Waals surface area contributed by atoms with Crippen LogP contribution in [0.5, 0.6) is 17.2 Å². The van der Waals surface area contributed by atoms with Gasteiger partial charge in [0.05, 0.1) is 53.1 Å². The van der Waals surface area contributed by atoms with Crippen molar-refractivity contribution >= 4 is 197 Å². The minimum absolute atomic E-state index is 0.0262. The van der Waals surface area contributed by atoms with E-state index >= 15 is 0 Å². The second-order valence-corrected chi connectivity index (χ2v) is 30.0. The SMILES string of the molecule is CC(=O)Oc1c(Cl)cc(Cl)c2cccnc12.Cc1ccc2ccccc2c1/C=N/NC(=O)c1ccncc1.Cc1ccc2ccccc2c1/C=N/Nc1ncnc2sc3c(c12)CCCC3.Cc1nc(-c2ccccn2)nc(N(C)Cc2ccccc2)c1Cl.Oc1c(Br)cc(Cl)c2cccnc12.Oc1c(Cl)cc(Cl)c2cccnc12. The summed E-state index contributed by atoms with van der Waals surface area (Å²) in [6, 6.07) is 59.5. The lowest BCUT2D eigenvalue weighted by Crippen LogP contribution is -2.19. The molecule has 1 aliphatic rings. The van der Waals surface area contributed by atoms with Crippen LogP contribution in [-0.2, 0) is 24.2 Å². The van der Waals surface area contributed by atoms with E-state index in [1.54, 1.807) is 110 Å². The van der Waals surface area contributed by atoms with E-state index in [-0.39, 0.29) is 33.2 Å². The van der Waals surface area contributed by atoms with E-state index in [4.69, 9.17) is 74.3 Å². The third kappa shape index (κ3) is 20.2. The number of esters is 1. The number of pyridine rings is 5. The molecule has 572 valence electrons. The fourth-order valence-electron chi connectivity index (χ4n) is 12.2. The first-order chi connectivity index (χ1) is 55.2. The second-order valence-electron chi connectivity index (χ2n) is 25.6. The van der Waals surface area contributed by atoms with Crippen molar-refractivity contribution in [3.05, 3.63) is 316 Å².